The first kappa shape index (κ1) is 9.97. The first-order valence-electron chi connectivity index (χ1n) is 5.40. The van der Waals surface area contributed by atoms with Gasteiger partial charge in [0.05, 0.1) is 0 Å². The van der Waals surface area contributed by atoms with Gasteiger partial charge in [0.25, 0.3) is 0 Å². The molecule has 0 aromatic heterocycles. The molecule has 0 amide bonds. The van der Waals surface area contributed by atoms with E-state index in [1.807, 2.05) is 0 Å². The minimum atomic E-state index is 1.12. The zero-order chi connectivity index (χ0) is 10.7. The standard InChI is InChI=1S/C15H16/c1-12-6-3-8-14(12)10-5-11-15-9-4-7-13(15)2/h3-4,6-9H,1-2,5,10-11H2. The summed E-state index contributed by atoms with van der Waals surface area (Å²) in [5.41, 5.74) is 5.11. The topological polar surface area (TPSA) is 0 Å². The molecule has 0 radical (unpaired) electrons. The van der Waals surface area contributed by atoms with Crippen molar-refractivity contribution in [3.8, 4) is 0 Å². The summed E-state index contributed by atoms with van der Waals surface area (Å²) in [7, 11) is 0. The summed E-state index contributed by atoms with van der Waals surface area (Å²) in [5, 5.41) is 0. The Labute approximate surface area is 91.7 Å². The van der Waals surface area contributed by atoms with E-state index in [9.17, 15) is 0 Å². The summed E-state index contributed by atoms with van der Waals surface area (Å²) in [6.45, 7) is 8.00. The van der Waals surface area contributed by atoms with E-state index >= 15 is 0 Å². The Morgan fingerprint density at radius 2 is 1.27 bits per heavy atom. The monoisotopic (exact) mass is 196 g/mol. The van der Waals surface area contributed by atoms with Crippen LogP contribution in [0.25, 0.3) is 0 Å². The van der Waals surface area contributed by atoms with E-state index in [1.54, 1.807) is 0 Å². The van der Waals surface area contributed by atoms with Gasteiger partial charge >= 0.3 is 0 Å². The predicted molar refractivity (Wildman–Crippen MR) is 66.6 cm³/mol. The Balaban J connectivity index is 1.77. The van der Waals surface area contributed by atoms with Gasteiger partial charge in [-0.15, -0.1) is 0 Å². The van der Waals surface area contributed by atoms with Gasteiger partial charge in [-0.2, -0.15) is 0 Å². The van der Waals surface area contributed by atoms with Gasteiger partial charge in [0.15, 0.2) is 0 Å². The van der Waals surface area contributed by atoms with Gasteiger partial charge < -0.3 is 0 Å². The zero-order valence-electron chi connectivity index (χ0n) is 9.00. The second-order valence-corrected chi connectivity index (χ2v) is 4.01. The van der Waals surface area contributed by atoms with Crippen molar-refractivity contribution in [2.75, 3.05) is 0 Å². The molecule has 76 valence electrons. The van der Waals surface area contributed by atoms with Crippen LogP contribution in [0.2, 0.25) is 0 Å². The highest BCUT2D eigenvalue weighted by Gasteiger charge is 2.07. The van der Waals surface area contributed by atoms with Gasteiger partial charge in [-0.25, -0.2) is 0 Å². The highest BCUT2D eigenvalue weighted by Crippen LogP contribution is 2.26. The molecule has 0 N–H and O–H groups in total. The molecule has 0 spiro atoms. The van der Waals surface area contributed by atoms with Crippen LogP contribution in [-0.4, -0.2) is 0 Å². The molecule has 0 atom stereocenters. The molecule has 15 heavy (non-hydrogen) atoms. The van der Waals surface area contributed by atoms with Crippen molar-refractivity contribution < 1.29 is 0 Å². The molecule has 0 aromatic rings. The molecule has 0 saturated heterocycles. The molecule has 0 unspecified atom stereocenters. The van der Waals surface area contributed by atoms with E-state index < -0.39 is 0 Å². The Morgan fingerprint density at radius 3 is 1.60 bits per heavy atom. The van der Waals surface area contributed by atoms with E-state index in [2.05, 4.69) is 49.6 Å². The van der Waals surface area contributed by atoms with E-state index in [4.69, 9.17) is 0 Å². The second kappa shape index (κ2) is 4.31. The third kappa shape index (κ3) is 2.27. The van der Waals surface area contributed by atoms with Crippen LogP contribution < -0.4 is 0 Å². The Hall–Kier alpha value is -1.56. The maximum atomic E-state index is 4.00. The fraction of sp³-hybridized carbons (Fsp3) is 0.200. The minimum absolute atomic E-state index is 1.12. The lowest BCUT2D eigenvalue weighted by atomic mass is 10.00. The van der Waals surface area contributed by atoms with E-state index in [-0.39, 0.29) is 0 Å². The molecule has 0 heteroatoms. The lowest BCUT2D eigenvalue weighted by Crippen LogP contribution is -1.86. The molecule has 0 fully saturated rings. The molecular weight excluding hydrogens is 180 g/mol. The van der Waals surface area contributed by atoms with Crippen LogP contribution in [0.1, 0.15) is 19.3 Å². The zero-order valence-corrected chi connectivity index (χ0v) is 9.00. The number of hydrogen-bond donors (Lipinski definition) is 0. The average molecular weight is 196 g/mol. The molecular formula is C15H16. The van der Waals surface area contributed by atoms with Crippen LogP contribution >= 0.6 is 0 Å². The van der Waals surface area contributed by atoms with Crippen molar-refractivity contribution in [1.82, 2.24) is 0 Å². The Bertz CT molecular complexity index is 371. The number of allylic oxidation sites excluding steroid dienone is 10. The van der Waals surface area contributed by atoms with Gasteiger partial charge in [0.1, 0.15) is 0 Å². The maximum Gasteiger partial charge on any atom is -0.0270 e. The summed E-state index contributed by atoms with van der Waals surface area (Å²) in [4.78, 5) is 0. The van der Waals surface area contributed by atoms with Gasteiger partial charge in [0.2, 0.25) is 0 Å². The third-order valence-electron chi connectivity index (χ3n) is 2.91. The molecule has 2 rings (SSSR count). The van der Waals surface area contributed by atoms with Crippen LogP contribution in [-0.2, 0) is 0 Å². The van der Waals surface area contributed by atoms with Gasteiger partial charge in [-0.1, -0.05) is 49.6 Å². The van der Waals surface area contributed by atoms with Crippen LogP contribution in [0.5, 0.6) is 0 Å². The first-order valence-corrected chi connectivity index (χ1v) is 5.40. The minimum Gasteiger partial charge on any atom is -0.0915 e. The Morgan fingerprint density at radius 1 is 0.800 bits per heavy atom. The first-order chi connectivity index (χ1) is 7.27. The smallest absolute Gasteiger partial charge is 0.0270 e. The predicted octanol–water partition coefficient (Wildman–Crippen LogP) is 4.26. The summed E-state index contributed by atoms with van der Waals surface area (Å²) in [5.74, 6) is 0. The molecule has 0 heterocycles. The van der Waals surface area contributed by atoms with Gasteiger partial charge in [0, 0.05) is 0 Å². The number of hydrogen-bond acceptors (Lipinski definition) is 0. The average Bonchev–Trinajstić information content (AvgIpc) is 2.78. The fourth-order valence-corrected chi connectivity index (χ4v) is 1.95. The van der Waals surface area contributed by atoms with Crippen molar-refractivity contribution >= 4 is 0 Å². The van der Waals surface area contributed by atoms with Crippen molar-refractivity contribution in [3.05, 3.63) is 71.9 Å². The van der Waals surface area contributed by atoms with Crippen LogP contribution in [0.15, 0.2) is 71.9 Å². The van der Waals surface area contributed by atoms with E-state index in [1.165, 1.54) is 28.7 Å². The van der Waals surface area contributed by atoms with Crippen LogP contribution in [0.4, 0.5) is 0 Å². The van der Waals surface area contributed by atoms with Crippen LogP contribution in [0, 0.1) is 0 Å². The van der Waals surface area contributed by atoms with Crippen molar-refractivity contribution in [3.63, 3.8) is 0 Å². The fourth-order valence-electron chi connectivity index (χ4n) is 1.95. The van der Waals surface area contributed by atoms with E-state index in [0.29, 0.717) is 0 Å². The molecule has 0 saturated carbocycles. The van der Waals surface area contributed by atoms with E-state index in [0.717, 1.165) is 12.8 Å². The molecule has 2 aliphatic rings. The van der Waals surface area contributed by atoms with Crippen molar-refractivity contribution in [1.29, 1.82) is 0 Å². The molecule has 0 aliphatic heterocycles. The molecule has 0 nitrogen and oxygen atoms in total. The van der Waals surface area contributed by atoms with Gasteiger partial charge in [-0.3, -0.25) is 0 Å². The van der Waals surface area contributed by atoms with Crippen molar-refractivity contribution in [2.45, 2.75) is 19.3 Å². The highest BCUT2D eigenvalue weighted by atomic mass is 14.1. The lowest BCUT2D eigenvalue weighted by Gasteiger charge is -2.05. The largest absolute Gasteiger partial charge is 0.0915 e. The molecule has 0 aromatic carbocycles. The summed E-state index contributed by atoms with van der Waals surface area (Å²) in [6, 6.07) is 0. The molecule has 2 aliphatic carbocycles. The molecule has 0 bridgehead atoms. The number of rotatable bonds is 4. The third-order valence-corrected chi connectivity index (χ3v) is 2.91. The summed E-state index contributed by atoms with van der Waals surface area (Å²) >= 11 is 0. The van der Waals surface area contributed by atoms with Crippen LogP contribution in [0.3, 0.4) is 0 Å². The lowest BCUT2D eigenvalue weighted by molar-refractivity contribution is 0.822. The SMILES string of the molecule is C=C1C=CC=C1CCCC1=CC=CC1=C. The maximum absolute atomic E-state index is 4.00. The van der Waals surface area contributed by atoms with Gasteiger partial charge in [-0.05, 0) is 41.6 Å². The van der Waals surface area contributed by atoms with Crippen molar-refractivity contribution in [2.24, 2.45) is 0 Å². The highest BCUT2D eigenvalue weighted by molar-refractivity contribution is 5.48. The Kier molecular flexibility index (Phi) is 2.86. The normalized spacial score (nSPS) is 18.7. The summed E-state index contributed by atoms with van der Waals surface area (Å²) in [6.07, 6.45) is 16.1. The quantitative estimate of drug-likeness (QED) is 0.630. The second-order valence-electron chi connectivity index (χ2n) is 4.01. The summed E-state index contributed by atoms with van der Waals surface area (Å²) < 4.78 is 0.